The summed E-state index contributed by atoms with van der Waals surface area (Å²) in [6.45, 7) is 3.62. The van der Waals surface area contributed by atoms with Crippen molar-refractivity contribution >= 4 is 11.8 Å². The molecule has 0 aliphatic heterocycles. The van der Waals surface area contributed by atoms with E-state index >= 15 is 0 Å². The number of hydrogen-bond donors (Lipinski definition) is 1. The van der Waals surface area contributed by atoms with Crippen molar-refractivity contribution in [3.05, 3.63) is 102 Å². The lowest BCUT2D eigenvalue weighted by Crippen LogP contribution is -2.08. The first-order chi connectivity index (χ1) is 19.6. The topological polar surface area (TPSA) is 91.3 Å². The maximum Gasteiger partial charge on any atom is 0.228 e. The van der Waals surface area contributed by atoms with Crippen LogP contribution < -0.4 is 5.32 Å². The minimum absolute atomic E-state index is 0.533. The van der Waals surface area contributed by atoms with Gasteiger partial charge in [0.05, 0.1) is 29.8 Å². The molecule has 1 N–H and O–H groups in total. The van der Waals surface area contributed by atoms with Crippen molar-refractivity contribution in [1.29, 1.82) is 0 Å². The number of aromatic nitrogens is 8. The lowest BCUT2D eigenvalue weighted by atomic mass is 9.91. The van der Waals surface area contributed by atoms with Gasteiger partial charge in [0.15, 0.2) is 5.82 Å². The molecule has 0 fully saturated rings. The Hall–Kier alpha value is -5.05. The molecule has 0 radical (unpaired) electrons. The van der Waals surface area contributed by atoms with Gasteiger partial charge in [-0.15, -0.1) is 0 Å². The van der Waals surface area contributed by atoms with Gasteiger partial charge in [0.1, 0.15) is 0 Å². The highest BCUT2D eigenvalue weighted by molar-refractivity contribution is 5.85. The van der Waals surface area contributed by atoms with Crippen LogP contribution in [0, 0.1) is 0 Å². The first kappa shape index (κ1) is 24.0. The summed E-state index contributed by atoms with van der Waals surface area (Å²) in [5, 5.41) is 17.2. The second-order valence-corrected chi connectivity index (χ2v) is 10.0. The van der Waals surface area contributed by atoms with Gasteiger partial charge in [0.2, 0.25) is 5.95 Å². The molecule has 0 saturated heterocycles. The zero-order valence-electron chi connectivity index (χ0n) is 22.5. The van der Waals surface area contributed by atoms with Crippen LogP contribution in [0.4, 0.5) is 11.8 Å². The largest absolute Gasteiger partial charge is 0.307 e. The van der Waals surface area contributed by atoms with Gasteiger partial charge >= 0.3 is 0 Å². The van der Waals surface area contributed by atoms with Crippen LogP contribution in [0.3, 0.4) is 0 Å². The molecule has 1 aliphatic carbocycles. The summed E-state index contributed by atoms with van der Waals surface area (Å²) in [6, 6.07) is 20.9. The summed E-state index contributed by atoms with van der Waals surface area (Å²) in [5.74, 6) is 1.26. The summed E-state index contributed by atoms with van der Waals surface area (Å²) in [7, 11) is 2.01. The van der Waals surface area contributed by atoms with E-state index in [0.29, 0.717) is 5.95 Å². The van der Waals surface area contributed by atoms with E-state index in [0.717, 1.165) is 76.6 Å². The Labute approximate surface area is 232 Å². The van der Waals surface area contributed by atoms with Crippen molar-refractivity contribution in [2.24, 2.45) is 7.05 Å². The molecule has 4 aromatic heterocycles. The van der Waals surface area contributed by atoms with Crippen molar-refractivity contribution in [3.63, 3.8) is 0 Å². The smallest absolute Gasteiger partial charge is 0.228 e. The Kier molecular flexibility index (Phi) is 5.96. The van der Waals surface area contributed by atoms with Crippen molar-refractivity contribution in [3.8, 4) is 33.6 Å². The number of benzene rings is 2. The molecule has 0 saturated carbocycles. The van der Waals surface area contributed by atoms with Gasteiger partial charge in [-0.05, 0) is 36.5 Å². The first-order valence-electron chi connectivity index (χ1n) is 13.5. The highest BCUT2D eigenvalue weighted by Gasteiger charge is 2.27. The fourth-order valence-corrected chi connectivity index (χ4v) is 5.36. The van der Waals surface area contributed by atoms with Crippen molar-refractivity contribution in [2.75, 3.05) is 5.32 Å². The van der Waals surface area contributed by atoms with E-state index in [-0.39, 0.29) is 0 Å². The molecular weight excluding hydrogens is 498 g/mol. The molecule has 0 bridgehead atoms. The Balaban J connectivity index is 1.19. The molecule has 0 unspecified atom stereocenters. The maximum atomic E-state index is 4.95. The SMILES string of the molecule is CCn1ccc(Nc2ncc3c(n2)-c2c(nn(C)c2-c2ccc(-c4cnn(Cc5ccccc5)c4)cc2)CC3)n1. The number of aryl methyl sites for hydroxylation is 4. The van der Waals surface area contributed by atoms with Crippen LogP contribution in [0.25, 0.3) is 33.6 Å². The Morgan fingerprint density at radius 3 is 2.48 bits per heavy atom. The second kappa shape index (κ2) is 9.92. The second-order valence-electron chi connectivity index (χ2n) is 10.0. The summed E-state index contributed by atoms with van der Waals surface area (Å²) in [5.41, 5.74) is 9.81. The number of fused-ring (bicyclic) bond motifs is 3. The minimum Gasteiger partial charge on any atom is -0.307 e. The van der Waals surface area contributed by atoms with Gasteiger partial charge in [0.25, 0.3) is 0 Å². The highest BCUT2D eigenvalue weighted by atomic mass is 15.3. The molecule has 40 heavy (non-hydrogen) atoms. The van der Waals surface area contributed by atoms with Gasteiger partial charge in [-0.1, -0.05) is 54.6 Å². The van der Waals surface area contributed by atoms with E-state index < -0.39 is 0 Å². The molecule has 2 aromatic carbocycles. The van der Waals surface area contributed by atoms with Crippen LogP contribution in [-0.4, -0.2) is 39.3 Å². The maximum absolute atomic E-state index is 4.95. The number of anilines is 2. The normalized spacial score (nSPS) is 12.2. The zero-order valence-corrected chi connectivity index (χ0v) is 22.5. The van der Waals surface area contributed by atoms with Crippen molar-refractivity contribution in [2.45, 2.75) is 32.9 Å². The van der Waals surface area contributed by atoms with Gasteiger partial charge in [-0.2, -0.15) is 15.3 Å². The molecule has 0 amide bonds. The van der Waals surface area contributed by atoms with E-state index in [9.17, 15) is 0 Å². The molecule has 0 spiro atoms. The van der Waals surface area contributed by atoms with Crippen LogP contribution in [0.5, 0.6) is 0 Å². The van der Waals surface area contributed by atoms with Crippen LogP contribution in [0.1, 0.15) is 23.7 Å². The fourth-order valence-electron chi connectivity index (χ4n) is 5.36. The number of hydrogen-bond acceptors (Lipinski definition) is 6. The number of nitrogens with zero attached hydrogens (tertiary/aromatic N) is 8. The monoisotopic (exact) mass is 527 g/mol. The quantitative estimate of drug-likeness (QED) is 0.294. The predicted octanol–water partition coefficient (Wildman–Crippen LogP) is 5.51. The van der Waals surface area contributed by atoms with Gasteiger partial charge in [-0.25, -0.2) is 9.97 Å². The van der Waals surface area contributed by atoms with E-state index in [1.807, 2.05) is 51.8 Å². The molecule has 4 heterocycles. The molecule has 6 aromatic rings. The number of rotatable bonds is 7. The molecule has 198 valence electrons. The molecule has 0 atom stereocenters. The fraction of sp³-hybridized carbons (Fsp3) is 0.194. The Bertz CT molecular complexity index is 1790. The summed E-state index contributed by atoms with van der Waals surface area (Å²) in [6.07, 6.45) is 9.63. The van der Waals surface area contributed by atoms with Crippen molar-refractivity contribution in [1.82, 2.24) is 39.3 Å². The van der Waals surface area contributed by atoms with Crippen LogP contribution in [0.2, 0.25) is 0 Å². The van der Waals surface area contributed by atoms with Crippen LogP contribution in [-0.2, 0) is 33.0 Å². The van der Waals surface area contributed by atoms with Gasteiger partial charge in [-0.3, -0.25) is 14.0 Å². The summed E-state index contributed by atoms with van der Waals surface area (Å²) >= 11 is 0. The van der Waals surface area contributed by atoms with E-state index in [2.05, 4.69) is 82.1 Å². The lowest BCUT2D eigenvalue weighted by molar-refractivity contribution is 0.662. The van der Waals surface area contributed by atoms with Gasteiger partial charge < -0.3 is 5.32 Å². The third-order valence-corrected chi connectivity index (χ3v) is 7.37. The lowest BCUT2D eigenvalue weighted by Gasteiger charge is -2.17. The molecule has 9 nitrogen and oxygen atoms in total. The summed E-state index contributed by atoms with van der Waals surface area (Å²) in [4.78, 5) is 9.52. The van der Waals surface area contributed by atoms with Crippen LogP contribution >= 0.6 is 0 Å². The Morgan fingerprint density at radius 2 is 1.68 bits per heavy atom. The zero-order chi connectivity index (χ0) is 27.1. The van der Waals surface area contributed by atoms with E-state index in [1.165, 1.54) is 5.56 Å². The summed E-state index contributed by atoms with van der Waals surface area (Å²) < 4.78 is 5.83. The standard InChI is InChI=1S/C31H29N9/c1-3-39-16-15-27(37-39)34-31-32-17-24-13-14-26-28(29(24)35-31)30(38(2)36-26)23-11-9-22(10-12-23)25-18-33-40(20-25)19-21-7-5-4-6-8-21/h4-12,15-18,20H,3,13-14,19H2,1-2H3,(H,32,34,35,37). The molecule has 9 heteroatoms. The third-order valence-electron chi connectivity index (χ3n) is 7.37. The third kappa shape index (κ3) is 4.45. The van der Waals surface area contributed by atoms with E-state index in [1.54, 1.807) is 0 Å². The highest BCUT2D eigenvalue weighted by Crippen LogP contribution is 2.40. The van der Waals surface area contributed by atoms with Gasteiger partial charge in [0, 0.05) is 54.9 Å². The number of nitrogens with one attached hydrogen (secondary N) is 1. The predicted molar refractivity (Wildman–Crippen MR) is 155 cm³/mol. The average Bonchev–Trinajstić information content (AvgIpc) is 3.72. The van der Waals surface area contributed by atoms with Crippen molar-refractivity contribution < 1.29 is 0 Å². The minimum atomic E-state index is 0.533. The molecule has 1 aliphatic rings. The first-order valence-corrected chi connectivity index (χ1v) is 13.5. The van der Waals surface area contributed by atoms with Crippen LogP contribution in [0.15, 0.2) is 85.5 Å². The van der Waals surface area contributed by atoms with E-state index in [4.69, 9.17) is 10.1 Å². The Morgan fingerprint density at radius 1 is 0.850 bits per heavy atom. The molecule has 7 rings (SSSR count). The molecular formula is C31H29N9. The average molecular weight is 528 g/mol.